The van der Waals surface area contributed by atoms with Crippen molar-refractivity contribution in [3.8, 4) is 0 Å². The fourth-order valence-electron chi connectivity index (χ4n) is 2.62. The van der Waals surface area contributed by atoms with Crippen LogP contribution >= 0.6 is 11.6 Å². The summed E-state index contributed by atoms with van der Waals surface area (Å²) in [5.41, 5.74) is 1.63. The first-order chi connectivity index (χ1) is 11.8. The quantitative estimate of drug-likeness (QED) is 0.632. The van der Waals surface area contributed by atoms with Crippen molar-refractivity contribution in [3.63, 3.8) is 0 Å². The Hall–Kier alpha value is -2.19. The summed E-state index contributed by atoms with van der Waals surface area (Å²) in [5, 5.41) is 4.33. The molecular weight excluding hydrogens is 364 g/mol. The first-order valence-electron chi connectivity index (χ1n) is 7.75. The van der Waals surface area contributed by atoms with E-state index in [2.05, 4.69) is 10.1 Å². The van der Waals surface area contributed by atoms with Crippen LogP contribution in [0, 0.1) is 6.92 Å². The number of hydrogen-bond acceptors (Lipinski definition) is 5. The second-order valence-electron chi connectivity index (χ2n) is 5.77. The monoisotopic (exact) mass is 380 g/mol. The molecule has 9 heteroatoms. The first kappa shape index (κ1) is 17.6. The van der Waals surface area contributed by atoms with Crippen molar-refractivity contribution >= 4 is 27.1 Å². The predicted molar refractivity (Wildman–Crippen MR) is 94.9 cm³/mol. The highest BCUT2D eigenvalue weighted by atomic mass is 35.5. The van der Waals surface area contributed by atoms with E-state index in [1.807, 2.05) is 10.6 Å². The second kappa shape index (κ2) is 6.61. The van der Waals surface area contributed by atoms with E-state index in [0.29, 0.717) is 29.5 Å². The van der Waals surface area contributed by atoms with Gasteiger partial charge in [-0.25, -0.2) is 13.4 Å². The molecule has 0 fully saturated rings. The van der Waals surface area contributed by atoms with Crippen molar-refractivity contribution in [2.45, 2.75) is 31.8 Å². The molecular formula is C16H17ClN4O3S. The summed E-state index contributed by atoms with van der Waals surface area (Å²) in [5.74, 6) is -0.00877. The van der Waals surface area contributed by atoms with Gasteiger partial charge in [0, 0.05) is 24.0 Å². The molecule has 0 spiro atoms. The molecule has 0 radical (unpaired) electrons. The van der Waals surface area contributed by atoms with Crippen LogP contribution in [0.3, 0.4) is 0 Å². The van der Waals surface area contributed by atoms with Crippen molar-refractivity contribution in [3.05, 3.63) is 57.2 Å². The van der Waals surface area contributed by atoms with Crippen molar-refractivity contribution in [1.29, 1.82) is 0 Å². The number of nitrogens with zero attached hydrogens (tertiary/aromatic N) is 4. The van der Waals surface area contributed by atoms with E-state index < -0.39 is 9.84 Å². The molecule has 3 aromatic rings. The topological polar surface area (TPSA) is 86.3 Å². The normalized spacial score (nSPS) is 12.0. The van der Waals surface area contributed by atoms with Gasteiger partial charge in [0.05, 0.1) is 12.3 Å². The molecule has 3 aromatic heterocycles. The van der Waals surface area contributed by atoms with Gasteiger partial charge in [-0.1, -0.05) is 24.6 Å². The van der Waals surface area contributed by atoms with E-state index in [0.717, 1.165) is 10.1 Å². The Morgan fingerprint density at radius 2 is 2.00 bits per heavy atom. The average Bonchev–Trinajstić information content (AvgIpc) is 3.00. The zero-order chi connectivity index (χ0) is 18.2. The molecule has 7 nitrogen and oxygen atoms in total. The maximum atomic E-state index is 12.3. The third-order valence-electron chi connectivity index (χ3n) is 3.83. The van der Waals surface area contributed by atoms with E-state index in [1.54, 1.807) is 26.1 Å². The zero-order valence-electron chi connectivity index (χ0n) is 13.8. The van der Waals surface area contributed by atoms with Gasteiger partial charge in [0.2, 0.25) is 0 Å². The maximum absolute atomic E-state index is 12.3. The summed E-state index contributed by atoms with van der Waals surface area (Å²) >= 11 is 5.80. The third-order valence-corrected chi connectivity index (χ3v) is 5.84. The van der Waals surface area contributed by atoms with Crippen molar-refractivity contribution in [2.24, 2.45) is 0 Å². The van der Waals surface area contributed by atoms with E-state index >= 15 is 0 Å². The maximum Gasteiger partial charge on any atom is 0.274 e. The van der Waals surface area contributed by atoms with Crippen LogP contribution in [0.2, 0.25) is 5.15 Å². The van der Waals surface area contributed by atoms with Gasteiger partial charge in [0.15, 0.2) is 14.9 Å². The van der Waals surface area contributed by atoms with Gasteiger partial charge in [-0.3, -0.25) is 4.79 Å². The smallest absolute Gasteiger partial charge is 0.274 e. The molecule has 0 aliphatic carbocycles. The lowest BCUT2D eigenvalue weighted by Gasteiger charge is -2.12. The lowest BCUT2D eigenvalue weighted by atomic mass is 10.2. The summed E-state index contributed by atoms with van der Waals surface area (Å²) in [6.07, 6.45) is 2.12. The van der Waals surface area contributed by atoms with Crippen LogP contribution in [-0.4, -0.2) is 33.3 Å². The first-order valence-corrected chi connectivity index (χ1v) is 9.78. The number of halogens is 1. The summed E-state index contributed by atoms with van der Waals surface area (Å²) in [6, 6.07) is 6.39. The van der Waals surface area contributed by atoms with Gasteiger partial charge < -0.3 is 4.57 Å². The molecule has 0 N–H and O–H groups in total. The number of hydrogen-bond donors (Lipinski definition) is 0. The Labute approximate surface area is 149 Å². The molecule has 132 valence electrons. The number of aromatic nitrogens is 4. The number of aryl methyl sites for hydroxylation is 1. The molecule has 0 unspecified atom stereocenters. The summed E-state index contributed by atoms with van der Waals surface area (Å²) in [4.78, 5) is 16.3. The Morgan fingerprint density at radius 1 is 1.24 bits per heavy atom. The fraction of sp³-hybridized carbons (Fsp3) is 0.312. The van der Waals surface area contributed by atoms with Crippen LogP contribution in [-0.2, 0) is 16.4 Å². The summed E-state index contributed by atoms with van der Waals surface area (Å²) in [6.45, 7) is 3.99. The molecule has 0 atom stereocenters. The largest absolute Gasteiger partial charge is 0.326 e. The average molecular weight is 381 g/mol. The SMILES string of the molecule is CCCS(=O)(=O)c1cc2n(Cc3ccc(Cl)nc3)c(C)cc(=O)n2n1. The summed E-state index contributed by atoms with van der Waals surface area (Å²) in [7, 11) is -3.51. The highest BCUT2D eigenvalue weighted by Gasteiger charge is 2.20. The summed E-state index contributed by atoms with van der Waals surface area (Å²) < 4.78 is 27.5. The van der Waals surface area contributed by atoms with Gasteiger partial charge in [-0.2, -0.15) is 9.61 Å². The Morgan fingerprint density at radius 3 is 2.64 bits per heavy atom. The molecule has 0 amide bonds. The van der Waals surface area contributed by atoms with Crippen molar-refractivity contribution < 1.29 is 8.42 Å². The van der Waals surface area contributed by atoms with Crippen LogP contribution in [0.25, 0.3) is 5.65 Å². The Bertz CT molecular complexity index is 1090. The van der Waals surface area contributed by atoms with Gasteiger partial charge in [0.25, 0.3) is 5.56 Å². The molecule has 0 bridgehead atoms. The third kappa shape index (κ3) is 3.45. The Kier molecular flexibility index (Phi) is 4.66. The van der Waals surface area contributed by atoms with Crippen LogP contribution in [0.4, 0.5) is 0 Å². The number of fused-ring (bicyclic) bond motifs is 1. The van der Waals surface area contributed by atoms with E-state index in [4.69, 9.17) is 11.6 Å². The zero-order valence-corrected chi connectivity index (χ0v) is 15.4. The van der Waals surface area contributed by atoms with Gasteiger partial charge in [0.1, 0.15) is 10.8 Å². The van der Waals surface area contributed by atoms with E-state index in [-0.39, 0.29) is 16.3 Å². The highest BCUT2D eigenvalue weighted by Crippen LogP contribution is 2.16. The number of rotatable bonds is 5. The molecule has 0 aliphatic rings. The standard InChI is InChI=1S/C16H17ClN4O3S/c1-3-6-25(23,24)14-8-15-20(10-12-4-5-13(17)18-9-12)11(2)7-16(22)21(15)19-14/h4-5,7-9H,3,6,10H2,1-2H3. The minimum Gasteiger partial charge on any atom is -0.326 e. The minimum absolute atomic E-state index is 0.00877. The van der Waals surface area contributed by atoms with Crippen LogP contribution < -0.4 is 5.56 Å². The van der Waals surface area contributed by atoms with Crippen LogP contribution in [0.1, 0.15) is 24.6 Å². The molecule has 3 rings (SSSR count). The van der Waals surface area contributed by atoms with Crippen LogP contribution in [0.5, 0.6) is 0 Å². The molecule has 25 heavy (non-hydrogen) atoms. The van der Waals surface area contributed by atoms with Gasteiger partial charge in [-0.15, -0.1) is 0 Å². The Balaban J connectivity index is 2.16. The molecule has 0 aliphatic heterocycles. The van der Waals surface area contributed by atoms with Crippen molar-refractivity contribution in [1.82, 2.24) is 19.2 Å². The molecule has 0 aromatic carbocycles. The van der Waals surface area contributed by atoms with Crippen LogP contribution in [0.15, 0.2) is 40.3 Å². The van der Waals surface area contributed by atoms with E-state index in [9.17, 15) is 13.2 Å². The lowest BCUT2D eigenvalue weighted by molar-refractivity contribution is 0.589. The van der Waals surface area contributed by atoms with Crippen molar-refractivity contribution in [2.75, 3.05) is 5.75 Å². The fourth-order valence-corrected chi connectivity index (χ4v) is 3.97. The predicted octanol–water partition coefficient (Wildman–Crippen LogP) is 2.08. The minimum atomic E-state index is -3.51. The molecule has 0 saturated carbocycles. The second-order valence-corrected chi connectivity index (χ2v) is 8.21. The highest BCUT2D eigenvalue weighted by molar-refractivity contribution is 7.91. The van der Waals surface area contributed by atoms with Gasteiger partial charge >= 0.3 is 0 Å². The molecule has 0 saturated heterocycles. The lowest BCUT2D eigenvalue weighted by Crippen LogP contribution is -2.20. The number of pyridine rings is 1. The van der Waals surface area contributed by atoms with Gasteiger partial charge in [-0.05, 0) is 25.0 Å². The number of sulfone groups is 1. The molecule has 3 heterocycles. The van der Waals surface area contributed by atoms with E-state index in [1.165, 1.54) is 12.1 Å².